The van der Waals surface area contributed by atoms with Crippen molar-refractivity contribution in [3.63, 3.8) is 0 Å². The van der Waals surface area contributed by atoms with E-state index in [-0.39, 0.29) is 11.4 Å². The van der Waals surface area contributed by atoms with Gasteiger partial charge >= 0.3 is 0 Å². The van der Waals surface area contributed by atoms with Gasteiger partial charge in [0, 0.05) is 21.2 Å². The Labute approximate surface area is 141 Å². The maximum absolute atomic E-state index is 14.1. The summed E-state index contributed by atoms with van der Waals surface area (Å²) >= 11 is 3.41. The molecule has 3 nitrogen and oxygen atoms in total. The minimum Gasteiger partial charge on any atom is -0.383 e. The van der Waals surface area contributed by atoms with Crippen LogP contribution in [0.1, 0.15) is 5.56 Å². The zero-order valence-corrected chi connectivity index (χ0v) is 13.5. The fourth-order valence-corrected chi connectivity index (χ4v) is 2.77. The highest BCUT2D eigenvalue weighted by Gasteiger charge is 2.15. The van der Waals surface area contributed by atoms with E-state index in [0.29, 0.717) is 16.8 Å². The summed E-state index contributed by atoms with van der Waals surface area (Å²) in [7, 11) is 0. The van der Waals surface area contributed by atoms with Crippen molar-refractivity contribution in [3.05, 3.63) is 70.5 Å². The van der Waals surface area contributed by atoms with Crippen LogP contribution in [0.25, 0.3) is 22.4 Å². The van der Waals surface area contributed by atoms with Crippen LogP contribution >= 0.6 is 15.9 Å². The van der Waals surface area contributed by atoms with E-state index in [2.05, 4.69) is 20.9 Å². The second kappa shape index (κ2) is 6.19. The van der Waals surface area contributed by atoms with Gasteiger partial charge in [-0.3, -0.25) is 0 Å². The van der Waals surface area contributed by atoms with Gasteiger partial charge in [0.05, 0.1) is 5.69 Å². The van der Waals surface area contributed by atoms with Crippen LogP contribution < -0.4 is 5.73 Å². The molecule has 2 aromatic carbocycles. The maximum Gasteiger partial charge on any atom is 0.142 e. The van der Waals surface area contributed by atoms with E-state index < -0.39 is 5.82 Å². The Balaban J connectivity index is 2.27. The molecule has 0 fully saturated rings. The summed E-state index contributed by atoms with van der Waals surface area (Å²) in [5.41, 5.74) is 8.28. The van der Waals surface area contributed by atoms with E-state index in [1.54, 1.807) is 24.3 Å². The number of nitriles is 1. The largest absolute Gasteiger partial charge is 0.383 e. The fraction of sp³-hybridized carbons (Fsp3) is 0. The Morgan fingerprint density at radius 3 is 2.52 bits per heavy atom. The van der Waals surface area contributed by atoms with Crippen molar-refractivity contribution in [1.29, 1.82) is 5.26 Å². The van der Waals surface area contributed by atoms with Crippen LogP contribution in [-0.2, 0) is 0 Å². The van der Waals surface area contributed by atoms with Gasteiger partial charge in [-0.15, -0.1) is 0 Å². The van der Waals surface area contributed by atoms with Crippen LogP contribution in [0, 0.1) is 17.1 Å². The van der Waals surface area contributed by atoms with Crippen molar-refractivity contribution in [2.24, 2.45) is 0 Å². The van der Waals surface area contributed by atoms with Gasteiger partial charge in [0.25, 0.3) is 0 Å². The summed E-state index contributed by atoms with van der Waals surface area (Å²) in [6.07, 6.45) is 0. The van der Waals surface area contributed by atoms with E-state index in [0.717, 1.165) is 10.0 Å². The van der Waals surface area contributed by atoms with Crippen LogP contribution in [0.4, 0.5) is 10.2 Å². The molecule has 3 aromatic rings. The van der Waals surface area contributed by atoms with E-state index in [9.17, 15) is 9.65 Å². The lowest BCUT2D eigenvalue weighted by Gasteiger charge is -2.11. The normalized spacial score (nSPS) is 10.3. The average molecular weight is 368 g/mol. The third kappa shape index (κ3) is 2.94. The lowest BCUT2D eigenvalue weighted by atomic mass is 9.98. The summed E-state index contributed by atoms with van der Waals surface area (Å²) in [5.74, 6) is -0.321. The SMILES string of the molecule is N#Cc1c(-c2ccccc2F)cc(-c2cccc(Br)c2)nc1N. The van der Waals surface area contributed by atoms with Crippen molar-refractivity contribution in [1.82, 2.24) is 4.98 Å². The first-order chi connectivity index (χ1) is 11.1. The maximum atomic E-state index is 14.1. The third-order valence-corrected chi connectivity index (χ3v) is 3.94. The molecule has 0 spiro atoms. The van der Waals surface area contributed by atoms with Gasteiger partial charge in [-0.1, -0.05) is 46.3 Å². The van der Waals surface area contributed by atoms with Gasteiger partial charge < -0.3 is 5.73 Å². The van der Waals surface area contributed by atoms with Crippen LogP contribution in [0.2, 0.25) is 0 Å². The van der Waals surface area contributed by atoms with E-state index in [4.69, 9.17) is 5.73 Å². The molecule has 0 aliphatic rings. The lowest BCUT2D eigenvalue weighted by molar-refractivity contribution is 0.631. The minimum absolute atomic E-state index is 0.0863. The number of aromatic nitrogens is 1. The first-order valence-electron chi connectivity index (χ1n) is 6.81. The number of benzene rings is 2. The molecule has 2 N–H and O–H groups in total. The molecule has 5 heteroatoms. The number of hydrogen-bond acceptors (Lipinski definition) is 3. The molecular weight excluding hydrogens is 357 g/mol. The third-order valence-electron chi connectivity index (χ3n) is 3.44. The first-order valence-corrected chi connectivity index (χ1v) is 7.61. The van der Waals surface area contributed by atoms with Crippen molar-refractivity contribution >= 4 is 21.7 Å². The quantitative estimate of drug-likeness (QED) is 0.709. The molecule has 0 aliphatic carbocycles. The summed E-state index contributed by atoms with van der Waals surface area (Å²) in [4.78, 5) is 4.28. The lowest BCUT2D eigenvalue weighted by Crippen LogP contribution is -2.00. The predicted molar refractivity (Wildman–Crippen MR) is 91.9 cm³/mol. The van der Waals surface area contributed by atoms with Gasteiger partial charge in [0.1, 0.15) is 23.3 Å². The molecule has 0 radical (unpaired) electrons. The van der Waals surface area contributed by atoms with Crippen molar-refractivity contribution in [2.75, 3.05) is 5.73 Å². The number of nitrogen functional groups attached to an aromatic ring is 1. The van der Waals surface area contributed by atoms with E-state index >= 15 is 0 Å². The predicted octanol–water partition coefficient (Wildman–Crippen LogP) is 4.77. The van der Waals surface area contributed by atoms with Crippen molar-refractivity contribution in [2.45, 2.75) is 0 Å². The highest BCUT2D eigenvalue weighted by Crippen LogP contribution is 2.33. The molecule has 0 atom stereocenters. The molecule has 112 valence electrons. The smallest absolute Gasteiger partial charge is 0.142 e. The molecular formula is C18H11BrFN3. The molecule has 0 aliphatic heterocycles. The second-order valence-electron chi connectivity index (χ2n) is 4.92. The minimum atomic E-state index is -0.408. The zero-order valence-electron chi connectivity index (χ0n) is 11.9. The Morgan fingerprint density at radius 2 is 1.83 bits per heavy atom. The highest BCUT2D eigenvalue weighted by atomic mass is 79.9. The van der Waals surface area contributed by atoms with Gasteiger partial charge in [-0.25, -0.2) is 9.37 Å². The molecule has 23 heavy (non-hydrogen) atoms. The van der Waals surface area contributed by atoms with E-state index in [1.807, 2.05) is 30.3 Å². The van der Waals surface area contributed by atoms with Crippen molar-refractivity contribution in [3.8, 4) is 28.5 Å². The van der Waals surface area contributed by atoms with Gasteiger partial charge in [-0.05, 0) is 24.3 Å². The first kappa shape index (κ1) is 15.2. The Morgan fingerprint density at radius 1 is 1.04 bits per heavy atom. The van der Waals surface area contributed by atoms with Gasteiger partial charge in [0.2, 0.25) is 0 Å². The topological polar surface area (TPSA) is 62.7 Å². The van der Waals surface area contributed by atoms with Crippen LogP contribution in [-0.4, -0.2) is 4.98 Å². The molecule has 1 heterocycles. The average Bonchev–Trinajstić information content (AvgIpc) is 2.54. The standard InChI is InChI=1S/C18H11BrFN3/c19-12-5-3-4-11(8-12)17-9-14(15(10-21)18(22)23-17)13-6-1-2-7-16(13)20/h1-9H,(H2,22,23). The monoisotopic (exact) mass is 367 g/mol. The number of nitrogens with two attached hydrogens (primary N) is 1. The molecule has 0 bridgehead atoms. The van der Waals surface area contributed by atoms with Gasteiger partial charge in [-0.2, -0.15) is 5.26 Å². The van der Waals surface area contributed by atoms with Crippen LogP contribution in [0.15, 0.2) is 59.1 Å². The number of hydrogen-bond donors (Lipinski definition) is 1. The number of pyridine rings is 1. The van der Waals surface area contributed by atoms with Crippen LogP contribution in [0.5, 0.6) is 0 Å². The molecule has 0 saturated heterocycles. The Kier molecular flexibility index (Phi) is 4.09. The number of nitrogens with zero attached hydrogens (tertiary/aromatic N) is 2. The fourth-order valence-electron chi connectivity index (χ4n) is 2.37. The zero-order chi connectivity index (χ0) is 16.4. The Hall–Kier alpha value is -2.71. The molecule has 0 amide bonds. The Bertz CT molecular complexity index is 932. The molecule has 3 rings (SSSR count). The van der Waals surface area contributed by atoms with Crippen LogP contribution in [0.3, 0.4) is 0 Å². The van der Waals surface area contributed by atoms with Gasteiger partial charge in [0.15, 0.2) is 0 Å². The number of halogens is 2. The summed E-state index contributed by atoms with van der Waals surface area (Å²) in [5, 5.41) is 9.36. The number of anilines is 1. The second-order valence-corrected chi connectivity index (χ2v) is 5.83. The molecule has 1 aromatic heterocycles. The summed E-state index contributed by atoms with van der Waals surface area (Å²) < 4.78 is 15.0. The summed E-state index contributed by atoms with van der Waals surface area (Å²) in [6, 6.07) is 17.5. The van der Waals surface area contributed by atoms with Crippen molar-refractivity contribution < 1.29 is 4.39 Å². The van der Waals surface area contributed by atoms with E-state index in [1.165, 1.54) is 6.07 Å². The molecule has 0 saturated carbocycles. The number of rotatable bonds is 2. The summed E-state index contributed by atoms with van der Waals surface area (Å²) in [6.45, 7) is 0. The highest BCUT2D eigenvalue weighted by molar-refractivity contribution is 9.10. The molecule has 0 unspecified atom stereocenters.